The zero-order chi connectivity index (χ0) is 18.6. The fourth-order valence-electron chi connectivity index (χ4n) is 4.28. The minimum atomic E-state index is 0.114. The topological polar surface area (TPSA) is 54.5 Å². The summed E-state index contributed by atoms with van der Waals surface area (Å²) in [6.45, 7) is 7.37. The van der Waals surface area contributed by atoms with Crippen molar-refractivity contribution in [2.75, 3.05) is 59.8 Å². The van der Waals surface area contributed by atoms with Crippen LogP contribution in [0.3, 0.4) is 0 Å². The number of carbonyl (C=O) groups is 1. The van der Waals surface area contributed by atoms with Crippen LogP contribution in [0.15, 0.2) is 18.2 Å². The minimum absolute atomic E-state index is 0.114. The van der Waals surface area contributed by atoms with Crippen molar-refractivity contribution in [2.24, 2.45) is 0 Å². The number of likely N-dealkylation sites (tertiary alicyclic amines) is 1. The monoisotopic (exact) mass is 375 g/mol. The number of methoxy groups -OCH3 is 1. The maximum atomic E-state index is 12.1. The second kappa shape index (κ2) is 8.46. The summed E-state index contributed by atoms with van der Waals surface area (Å²) < 4.78 is 15.9. The molecule has 0 aliphatic carbocycles. The molecule has 1 amide bonds. The van der Waals surface area contributed by atoms with E-state index in [9.17, 15) is 4.79 Å². The van der Waals surface area contributed by atoms with E-state index in [2.05, 4.69) is 21.9 Å². The Morgan fingerprint density at radius 3 is 2.78 bits per heavy atom. The first-order valence-corrected chi connectivity index (χ1v) is 9.84. The average Bonchev–Trinajstić information content (AvgIpc) is 3.17. The molecule has 7 heteroatoms. The van der Waals surface area contributed by atoms with Crippen molar-refractivity contribution in [2.45, 2.75) is 25.4 Å². The van der Waals surface area contributed by atoms with Gasteiger partial charge in [-0.3, -0.25) is 14.6 Å². The summed E-state index contributed by atoms with van der Waals surface area (Å²) in [5.74, 6) is 1.81. The minimum Gasteiger partial charge on any atom is -0.454 e. The molecule has 1 atom stereocenters. The van der Waals surface area contributed by atoms with E-state index >= 15 is 0 Å². The molecule has 3 heterocycles. The number of nitrogens with zero attached hydrogens (tertiary/aromatic N) is 3. The van der Waals surface area contributed by atoms with Gasteiger partial charge in [0.1, 0.15) is 6.61 Å². The molecule has 148 valence electrons. The summed E-state index contributed by atoms with van der Waals surface area (Å²) in [6, 6.07) is 6.70. The molecule has 0 saturated carbocycles. The molecule has 0 N–H and O–H groups in total. The second-order valence-corrected chi connectivity index (χ2v) is 7.57. The number of benzene rings is 1. The number of amides is 1. The molecule has 2 saturated heterocycles. The lowest BCUT2D eigenvalue weighted by Gasteiger charge is -2.43. The largest absolute Gasteiger partial charge is 0.454 e. The Labute approximate surface area is 160 Å². The van der Waals surface area contributed by atoms with Crippen LogP contribution in [-0.4, -0.2) is 86.4 Å². The highest BCUT2D eigenvalue weighted by molar-refractivity contribution is 5.77. The first kappa shape index (κ1) is 18.5. The third-order valence-corrected chi connectivity index (χ3v) is 5.78. The standard InChI is InChI=1S/C20H29N3O4/c1-25-14-20(24)23-6-2-3-17(13-23)22-9-7-21(8-10-22)12-16-4-5-18-19(11-16)27-15-26-18/h4-5,11,17H,2-3,6-10,12-15H2,1H3/t17-/m1/s1. The SMILES string of the molecule is COCC(=O)N1CCC[C@@H](N2CCN(Cc3ccc4c(c3)OCO4)CC2)C1. The maximum absolute atomic E-state index is 12.1. The van der Waals surface area contributed by atoms with E-state index in [0.717, 1.165) is 63.7 Å². The van der Waals surface area contributed by atoms with Gasteiger partial charge in [0, 0.05) is 59.0 Å². The Kier molecular flexibility index (Phi) is 5.80. The van der Waals surface area contributed by atoms with E-state index in [1.54, 1.807) is 7.11 Å². The molecule has 27 heavy (non-hydrogen) atoms. The predicted octanol–water partition coefficient (Wildman–Crippen LogP) is 1.17. The van der Waals surface area contributed by atoms with Gasteiger partial charge >= 0.3 is 0 Å². The lowest BCUT2D eigenvalue weighted by Crippen LogP contribution is -2.55. The first-order valence-electron chi connectivity index (χ1n) is 9.84. The summed E-state index contributed by atoms with van der Waals surface area (Å²) in [7, 11) is 1.58. The molecule has 3 aliphatic rings. The molecular weight excluding hydrogens is 346 g/mol. The molecular formula is C20H29N3O4. The molecule has 4 rings (SSSR count). The first-order chi connectivity index (χ1) is 13.2. The lowest BCUT2D eigenvalue weighted by molar-refractivity contribution is -0.137. The van der Waals surface area contributed by atoms with E-state index in [0.29, 0.717) is 12.8 Å². The molecule has 0 aromatic heterocycles. The Bertz CT molecular complexity index is 661. The third-order valence-electron chi connectivity index (χ3n) is 5.78. The summed E-state index contributed by atoms with van der Waals surface area (Å²) in [5, 5.41) is 0. The fourth-order valence-corrected chi connectivity index (χ4v) is 4.28. The van der Waals surface area contributed by atoms with E-state index in [-0.39, 0.29) is 12.5 Å². The summed E-state index contributed by atoms with van der Waals surface area (Å²) in [6.07, 6.45) is 2.26. The lowest BCUT2D eigenvalue weighted by atomic mass is 10.0. The maximum Gasteiger partial charge on any atom is 0.248 e. The number of fused-ring (bicyclic) bond motifs is 1. The van der Waals surface area contributed by atoms with Gasteiger partial charge in [0.05, 0.1) is 0 Å². The molecule has 0 radical (unpaired) electrons. The van der Waals surface area contributed by atoms with Gasteiger partial charge < -0.3 is 19.1 Å². The van der Waals surface area contributed by atoms with Crippen LogP contribution in [0.1, 0.15) is 18.4 Å². The van der Waals surface area contributed by atoms with E-state index < -0.39 is 0 Å². The Morgan fingerprint density at radius 1 is 1.15 bits per heavy atom. The van der Waals surface area contributed by atoms with Crippen LogP contribution in [0.5, 0.6) is 11.5 Å². The fraction of sp³-hybridized carbons (Fsp3) is 0.650. The van der Waals surface area contributed by atoms with Gasteiger partial charge in [-0.1, -0.05) is 6.07 Å². The van der Waals surface area contributed by atoms with Crippen LogP contribution in [0.25, 0.3) is 0 Å². The molecule has 3 aliphatic heterocycles. The van der Waals surface area contributed by atoms with Crippen molar-refractivity contribution in [3.63, 3.8) is 0 Å². The Hall–Kier alpha value is -1.83. The quantitative estimate of drug-likeness (QED) is 0.770. The zero-order valence-electron chi connectivity index (χ0n) is 16.1. The van der Waals surface area contributed by atoms with Gasteiger partial charge in [0.2, 0.25) is 12.7 Å². The van der Waals surface area contributed by atoms with Crippen molar-refractivity contribution >= 4 is 5.91 Å². The average molecular weight is 375 g/mol. The van der Waals surface area contributed by atoms with Gasteiger partial charge in [-0.25, -0.2) is 0 Å². The van der Waals surface area contributed by atoms with Crippen LogP contribution in [0.2, 0.25) is 0 Å². The number of hydrogen-bond acceptors (Lipinski definition) is 6. The van der Waals surface area contributed by atoms with Crippen LogP contribution >= 0.6 is 0 Å². The second-order valence-electron chi connectivity index (χ2n) is 7.57. The van der Waals surface area contributed by atoms with Gasteiger partial charge in [0.15, 0.2) is 11.5 Å². The zero-order valence-corrected chi connectivity index (χ0v) is 16.1. The summed E-state index contributed by atoms with van der Waals surface area (Å²) >= 11 is 0. The predicted molar refractivity (Wildman–Crippen MR) is 101 cm³/mol. The van der Waals surface area contributed by atoms with E-state index in [1.807, 2.05) is 11.0 Å². The van der Waals surface area contributed by atoms with Gasteiger partial charge in [-0.15, -0.1) is 0 Å². The van der Waals surface area contributed by atoms with E-state index in [1.165, 1.54) is 12.0 Å². The number of carbonyl (C=O) groups excluding carboxylic acids is 1. The van der Waals surface area contributed by atoms with Crippen molar-refractivity contribution in [3.8, 4) is 11.5 Å². The molecule has 0 bridgehead atoms. The van der Waals surface area contributed by atoms with E-state index in [4.69, 9.17) is 14.2 Å². The summed E-state index contributed by atoms with van der Waals surface area (Å²) in [4.78, 5) is 19.1. The number of piperazine rings is 1. The van der Waals surface area contributed by atoms with Gasteiger partial charge in [-0.05, 0) is 30.5 Å². The molecule has 7 nitrogen and oxygen atoms in total. The van der Waals surface area contributed by atoms with Crippen molar-refractivity contribution < 1.29 is 19.0 Å². The van der Waals surface area contributed by atoms with Crippen molar-refractivity contribution in [1.29, 1.82) is 0 Å². The highest BCUT2D eigenvalue weighted by atomic mass is 16.7. The highest BCUT2D eigenvalue weighted by Crippen LogP contribution is 2.33. The number of rotatable bonds is 5. The van der Waals surface area contributed by atoms with Gasteiger partial charge in [-0.2, -0.15) is 0 Å². The van der Waals surface area contributed by atoms with Crippen LogP contribution in [0, 0.1) is 0 Å². The molecule has 1 aromatic rings. The third kappa shape index (κ3) is 4.36. The smallest absolute Gasteiger partial charge is 0.248 e. The number of hydrogen-bond donors (Lipinski definition) is 0. The molecule has 2 fully saturated rings. The van der Waals surface area contributed by atoms with Gasteiger partial charge in [0.25, 0.3) is 0 Å². The number of piperidine rings is 1. The van der Waals surface area contributed by atoms with Crippen LogP contribution in [-0.2, 0) is 16.1 Å². The summed E-state index contributed by atoms with van der Waals surface area (Å²) in [5.41, 5.74) is 1.27. The normalized spacial score (nSPS) is 23.6. The molecule has 1 aromatic carbocycles. The molecule has 0 spiro atoms. The Morgan fingerprint density at radius 2 is 1.96 bits per heavy atom. The Balaban J connectivity index is 1.27. The van der Waals surface area contributed by atoms with Crippen LogP contribution in [0.4, 0.5) is 0 Å². The number of ether oxygens (including phenoxy) is 3. The van der Waals surface area contributed by atoms with Crippen LogP contribution < -0.4 is 9.47 Å². The molecule has 0 unspecified atom stereocenters. The van der Waals surface area contributed by atoms with Crippen molar-refractivity contribution in [1.82, 2.24) is 14.7 Å². The van der Waals surface area contributed by atoms with Crippen molar-refractivity contribution in [3.05, 3.63) is 23.8 Å². The highest BCUT2D eigenvalue weighted by Gasteiger charge is 2.30.